The van der Waals surface area contributed by atoms with Gasteiger partial charge in [0, 0.05) is 10.6 Å². The molecule has 0 aliphatic heterocycles. The van der Waals surface area contributed by atoms with E-state index in [1.807, 2.05) is 0 Å². The molecule has 3 rings (SSSR count). The first-order valence-electron chi connectivity index (χ1n) is 8.03. The van der Waals surface area contributed by atoms with Crippen LogP contribution in [0.3, 0.4) is 0 Å². The molecule has 2 aromatic carbocycles. The third-order valence-corrected chi connectivity index (χ3v) is 5.84. The van der Waals surface area contributed by atoms with Gasteiger partial charge in [-0.3, -0.25) is 0 Å². The average molecular weight is 408 g/mol. The molecule has 7 nitrogen and oxygen atoms in total. The van der Waals surface area contributed by atoms with E-state index in [4.69, 9.17) is 20.9 Å². The van der Waals surface area contributed by atoms with Crippen molar-refractivity contribution in [3.63, 3.8) is 0 Å². The maximum atomic E-state index is 12.7. The molecule has 1 heterocycles. The van der Waals surface area contributed by atoms with E-state index < -0.39 is 10.0 Å². The Morgan fingerprint density at radius 3 is 2.52 bits per heavy atom. The minimum absolute atomic E-state index is 0.124. The van der Waals surface area contributed by atoms with Gasteiger partial charge >= 0.3 is 0 Å². The Kier molecular flexibility index (Phi) is 5.50. The number of halogens is 1. The first kappa shape index (κ1) is 19.3. The van der Waals surface area contributed by atoms with Crippen LogP contribution in [0.5, 0.6) is 5.75 Å². The highest BCUT2D eigenvalue weighted by molar-refractivity contribution is 7.89. The van der Waals surface area contributed by atoms with Crippen molar-refractivity contribution in [2.75, 3.05) is 7.11 Å². The lowest BCUT2D eigenvalue weighted by molar-refractivity contribution is 0.376. The standard InChI is InChI=1S/C18H18ClN3O4S/c1-11-7-15(25-3)8-12(2)17(11)27(23,24)20-10-16-21-18(22-26-16)13-5-4-6-14(19)9-13/h4-9,20H,10H2,1-3H3. The summed E-state index contributed by atoms with van der Waals surface area (Å²) in [7, 11) is -2.23. The minimum atomic E-state index is -3.76. The molecule has 0 spiro atoms. The molecule has 0 saturated heterocycles. The SMILES string of the molecule is COc1cc(C)c(S(=O)(=O)NCc2nc(-c3cccc(Cl)c3)no2)c(C)c1. The van der Waals surface area contributed by atoms with Crippen LogP contribution in [0.25, 0.3) is 11.4 Å². The lowest BCUT2D eigenvalue weighted by Crippen LogP contribution is -2.25. The zero-order valence-corrected chi connectivity index (χ0v) is 16.6. The van der Waals surface area contributed by atoms with Crippen LogP contribution in [0.2, 0.25) is 5.02 Å². The number of hydrogen-bond acceptors (Lipinski definition) is 6. The van der Waals surface area contributed by atoms with Crippen molar-refractivity contribution in [1.82, 2.24) is 14.9 Å². The van der Waals surface area contributed by atoms with Crippen LogP contribution >= 0.6 is 11.6 Å². The van der Waals surface area contributed by atoms with Crippen LogP contribution in [-0.4, -0.2) is 25.7 Å². The number of sulfonamides is 1. The number of benzene rings is 2. The molecule has 0 bridgehead atoms. The fourth-order valence-electron chi connectivity index (χ4n) is 2.75. The summed E-state index contributed by atoms with van der Waals surface area (Å²) in [5, 5.41) is 4.41. The van der Waals surface area contributed by atoms with Gasteiger partial charge < -0.3 is 9.26 Å². The van der Waals surface area contributed by atoms with Crippen molar-refractivity contribution in [3.8, 4) is 17.1 Å². The second-order valence-electron chi connectivity index (χ2n) is 5.94. The third-order valence-electron chi connectivity index (χ3n) is 3.90. The first-order chi connectivity index (χ1) is 12.8. The molecule has 142 valence electrons. The van der Waals surface area contributed by atoms with E-state index in [1.54, 1.807) is 50.2 Å². The van der Waals surface area contributed by atoms with Gasteiger partial charge in [0.05, 0.1) is 18.6 Å². The normalized spacial score (nSPS) is 11.6. The Labute approximate surface area is 162 Å². The van der Waals surface area contributed by atoms with Gasteiger partial charge in [0.2, 0.25) is 21.7 Å². The number of ether oxygens (including phenoxy) is 1. The Morgan fingerprint density at radius 1 is 1.19 bits per heavy atom. The molecule has 27 heavy (non-hydrogen) atoms. The molecule has 0 aliphatic carbocycles. The molecule has 0 atom stereocenters. The number of aromatic nitrogens is 2. The number of aryl methyl sites for hydroxylation is 2. The van der Waals surface area contributed by atoms with Crippen LogP contribution in [0.1, 0.15) is 17.0 Å². The Bertz CT molecular complexity index is 1060. The van der Waals surface area contributed by atoms with E-state index in [2.05, 4.69) is 14.9 Å². The summed E-state index contributed by atoms with van der Waals surface area (Å²) >= 11 is 5.95. The minimum Gasteiger partial charge on any atom is -0.497 e. The van der Waals surface area contributed by atoms with Crippen LogP contribution in [0.4, 0.5) is 0 Å². The molecule has 0 amide bonds. The second-order valence-corrected chi connectivity index (χ2v) is 8.08. The van der Waals surface area contributed by atoms with Crippen LogP contribution in [-0.2, 0) is 16.6 Å². The topological polar surface area (TPSA) is 94.3 Å². The zero-order valence-electron chi connectivity index (χ0n) is 15.0. The van der Waals surface area contributed by atoms with Crippen molar-refractivity contribution in [2.45, 2.75) is 25.3 Å². The zero-order chi connectivity index (χ0) is 19.6. The summed E-state index contributed by atoms with van der Waals surface area (Å²) in [4.78, 5) is 4.41. The lowest BCUT2D eigenvalue weighted by Gasteiger charge is -2.12. The molecule has 0 fully saturated rings. The van der Waals surface area contributed by atoms with E-state index in [1.165, 1.54) is 7.11 Å². The van der Waals surface area contributed by atoms with E-state index in [9.17, 15) is 8.42 Å². The van der Waals surface area contributed by atoms with Gasteiger partial charge in [-0.25, -0.2) is 13.1 Å². The molecule has 3 aromatic rings. The molecule has 0 unspecified atom stereocenters. The van der Waals surface area contributed by atoms with Crippen molar-refractivity contribution < 1.29 is 17.7 Å². The highest BCUT2D eigenvalue weighted by Crippen LogP contribution is 2.26. The second kappa shape index (κ2) is 7.67. The molecular formula is C18H18ClN3O4S. The van der Waals surface area contributed by atoms with Gasteiger partial charge in [-0.15, -0.1) is 0 Å². The van der Waals surface area contributed by atoms with Crippen LogP contribution in [0.15, 0.2) is 45.8 Å². The van der Waals surface area contributed by atoms with Gasteiger partial charge in [-0.2, -0.15) is 4.98 Å². The predicted molar refractivity (Wildman–Crippen MR) is 101 cm³/mol. The predicted octanol–water partition coefficient (Wildman–Crippen LogP) is 3.49. The third kappa shape index (κ3) is 4.29. The number of rotatable bonds is 6. The van der Waals surface area contributed by atoms with Gasteiger partial charge in [-0.1, -0.05) is 28.9 Å². The van der Waals surface area contributed by atoms with Gasteiger partial charge in [-0.05, 0) is 49.2 Å². The molecule has 0 saturated carbocycles. The van der Waals surface area contributed by atoms with Crippen molar-refractivity contribution in [1.29, 1.82) is 0 Å². The molecule has 1 aromatic heterocycles. The largest absolute Gasteiger partial charge is 0.497 e. The van der Waals surface area contributed by atoms with Crippen molar-refractivity contribution in [3.05, 3.63) is 58.4 Å². The summed E-state index contributed by atoms with van der Waals surface area (Å²) < 4.78 is 38.2. The lowest BCUT2D eigenvalue weighted by atomic mass is 10.1. The average Bonchev–Trinajstić information content (AvgIpc) is 3.08. The number of hydrogen-bond donors (Lipinski definition) is 1. The highest BCUT2D eigenvalue weighted by atomic mass is 35.5. The van der Waals surface area contributed by atoms with Gasteiger partial charge in [0.15, 0.2) is 0 Å². The van der Waals surface area contributed by atoms with Gasteiger partial charge in [0.1, 0.15) is 5.75 Å². The van der Waals surface area contributed by atoms with E-state index in [0.29, 0.717) is 33.3 Å². The first-order valence-corrected chi connectivity index (χ1v) is 9.89. The summed E-state index contributed by atoms with van der Waals surface area (Å²) in [6.45, 7) is 3.31. The van der Waals surface area contributed by atoms with E-state index >= 15 is 0 Å². The van der Waals surface area contributed by atoms with Crippen LogP contribution < -0.4 is 9.46 Å². The van der Waals surface area contributed by atoms with Crippen molar-refractivity contribution in [2.24, 2.45) is 0 Å². The number of methoxy groups -OCH3 is 1. The maximum absolute atomic E-state index is 12.7. The Morgan fingerprint density at radius 2 is 1.89 bits per heavy atom. The van der Waals surface area contributed by atoms with Gasteiger partial charge in [0.25, 0.3) is 0 Å². The molecule has 0 radical (unpaired) electrons. The fourth-order valence-corrected chi connectivity index (χ4v) is 4.37. The van der Waals surface area contributed by atoms with Crippen molar-refractivity contribution >= 4 is 21.6 Å². The molecular weight excluding hydrogens is 390 g/mol. The summed E-state index contributed by atoms with van der Waals surface area (Å²) in [5.74, 6) is 1.09. The monoisotopic (exact) mass is 407 g/mol. The maximum Gasteiger partial charge on any atom is 0.242 e. The highest BCUT2D eigenvalue weighted by Gasteiger charge is 2.21. The number of nitrogens with one attached hydrogen (secondary N) is 1. The molecule has 0 aliphatic rings. The number of nitrogens with zero attached hydrogens (tertiary/aromatic N) is 2. The van der Waals surface area contributed by atoms with E-state index in [-0.39, 0.29) is 17.3 Å². The summed E-state index contributed by atoms with van der Waals surface area (Å²) in [6.07, 6.45) is 0. The summed E-state index contributed by atoms with van der Waals surface area (Å²) in [6, 6.07) is 10.3. The Hall–Kier alpha value is -2.42. The quantitative estimate of drug-likeness (QED) is 0.672. The van der Waals surface area contributed by atoms with E-state index in [0.717, 1.165) is 0 Å². The fraction of sp³-hybridized carbons (Fsp3) is 0.222. The molecule has 1 N–H and O–H groups in total. The van der Waals surface area contributed by atoms with Crippen LogP contribution in [0, 0.1) is 13.8 Å². The molecule has 9 heteroatoms. The Balaban J connectivity index is 1.79. The summed E-state index contributed by atoms with van der Waals surface area (Å²) in [5.41, 5.74) is 1.86. The smallest absolute Gasteiger partial charge is 0.242 e.